The van der Waals surface area contributed by atoms with Gasteiger partial charge in [0.1, 0.15) is 6.04 Å². The minimum atomic E-state index is -4.53. The summed E-state index contributed by atoms with van der Waals surface area (Å²) < 4.78 is 65.4. The lowest BCUT2D eigenvalue weighted by Crippen LogP contribution is -2.49. The Bertz CT molecular complexity index is 450. The molecular weight excluding hydrogens is 338 g/mol. The highest BCUT2D eigenvalue weighted by molar-refractivity contribution is 5.85. The number of benzene rings is 1. The van der Waals surface area contributed by atoms with Gasteiger partial charge < -0.3 is 5.32 Å². The van der Waals surface area contributed by atoms with Gasteiger partial charge in [-0.15, -0.1) is 24.8 Å². The van der Waals surface area contributed by atoms with Gasteiger partial charge in [-0.2, -0.15) is 13.2 Å². The lowest BCUT2D eigenvalue weighted by Gasteiger charge is -2.36. The molecular formula is C12H15Cl2F5N2. The number of rotatable bonds is 2. The Labute approximate surface area is 131 Å². The van der Waals surface area contributed by atoms with Crippen LogP contribution in [0.3, 0.4) is 0 Å². The normalized spacial score (nSPS) is 17.6. The second-order valence-corrected chi connectivity index (χ2v) is 4.40. The van der Waals surface area contributed by atoms with Gasteiger partial charge in [0, 0.05) is 26.2 Å². The molecule has 2 rings (SSSR count). The molecule has 0 aromatic heterocycles. The Morgan fingerprint density at radius 1 is 1.00 bits per heavy atom. The zero-order valence-corrected chi connectivity index (χ0v) is 12.4. The second kappa shape index (κ2) is 8.12. The average Bonchev–Trinajstić information content (AvgIpc) is 2.34. The van der Waals surface area contributed by atoms with Crippen LogP contribution in [-0.4, -0.2) is 37.3 Å². The average molecular weight is 353 g/mol. The molecule has 1 fully saturated rings. The van der Waals surface area contributed by atoms with Crippen molar-refractivity contribution in [2.45, 2.75) is 12.2 Å². The minimum Gasteiger partial charge on any atom is -0.314 e. The highest BCUT2D eigenvalue weighted by atomic mass is 35.5. The SMILES string of the molecule is Cl.Cl.Fc1ccc([C@H](N2CCNCC2)C(F)(F)F)cc1F. The largest absolute Gasteiger partial charge is 0.408 e. The van der Waals surface area contributed by atoms with Crippen molar-refractivity contribution in [3.63, 3.8) is 0 Å². The van der Waals surface area contributed by atoms with E-state index in [1.165, 1.54) is 4.90 Å². The molecule has 0 radical (unpaired) electrons. The molecule has 21 heavy (non-hydrogen) atoms. The molecule has 1 atom stereocenters. The smallest absolute Gasteiger partial charge is 0.314 e. The molecule has 122 valence electrons. The molecule has 1 heterocycles. The Morgan fingerprint density at radius 2 is 1.57 bits per heavy atom. The molecule has 0 saturated carbocycles. The van der Waals surface area contributed by atoms with E-state index >= 15 is 0 Å². The molecule has 1 N–H and O–H groups in total. The van der Waals surface area contributed by atoms with E-state index < -0.39 is 23.9 Å². The van der Waals surface area contributed by atoms with Crippen molar-refractivity contribution in [3.8, 4) is 0 Å². The summed E-state index contributed by atoms with van der Waals surface area (Å²) in [4.78, 5) is 1.23. The van der Waals surface area contributed by atoms with Crippen LogP contribution in [0.25, 0.3) is 0 Å². The van der Waals surface area contributed by atoms with Gasteiger partial charge >= 0.3 is 6.18 Å². The molecule has 0 aliphatic carbocycles. The number of alkyl halides is 3. The summed E-state index contributed by atoms with van der Waals surface area (Å²) in [6.07, 6.45) is -4.53. The third-order valence-electron chi connectivity index (χ3n) is 3.09. The fraction of sp³-hybridized carbons (Fsp3) is 0.500. The quantitative estimate of drug-likeness (QED) is 0.821. The van der Waals surface area contributed by atoms with Crippen LogP contribution < -0.4 is 5.32 Å². The molecule has 1 aliphatic heterocycles. The van der Waals surface area contributed by atoms with E-state index in [0.717, 1.165) is 12.1 Å². The minimum absolute atomic E-state index is 0. The van der Waals surface area contributed by atoms with Crippen LogP contribution in [-0.2, 0) is 0 Å². The number of halogens is 7. The molecule has 1 aromatic rings. The summed E-state index contributed by atoms with van der Waals surface area (Å²) in [6, 6.07) is 0.435. The Hall–Kier alpha value is -0.630. The first-order chi connectivity index (χ1) is 8.89. The van der Waals surface area contributed by atoms with Crippen molar-refractivity contribution < 1.29 is 22.0 Å². The van der Waals surface area contributed by atoms with E-state index in [1.807, 2.05) is 0 Å². The van der Waals surface area contributed by atoms with Crippen LogP contribution in [0, 0.1) is 11.6 Å². The molecule has 1 saturated heterocycles. The summed E-state index contributed by atoms with van der Waals surface area (Å²) >= 11 is 0. The fourth-order valence-corrected chi connectivity index (χ4v) is 2.23. The molecule has 0 bridgehead atoms. The van der Waals surface area contributed by atoms with Gasteiger partial charge in [0.15, 0.2) is 11.6 Å². The molecule has 0 amide bonds. The van der Waals surface area contributed by atoms with Crippen molar-refractivity contribution in [3.05, 3.63) is 35.4 Å². The summed E-state index contributed by atoms with van der Waals surface area (Å²) in [5.41, 5.74) is -0.270. The first-order valence-corrected chi connectivity index (χ1v) is 5.86. The molecule has 2 nitrogen and oxygen atoms in total. The van der Waals surface area contributed by atoms with Crippen LogP contribution in [0.2, 0.25) is 0 Å². The summed E-state index contributed by atoms with van der Waals surface area (Å²) in [6.45, 7) is 1.30. The van der Waals surface area contributed by atoms with Crippen LogP contribution in [0.5, 0.6) is 0 Å². The van der Waals surface area contributed by atoms with E-state index in [1.54, 1.807) is 0 Å². The van der Waals surface area contributed by atoms with E-state index in [-0.39, 0.29) is 43.5 Å². The maximum Gasteiger partial charge on any atom is 0.408 e. The van der Waals surface area contributed by atoms with Gasteiger partial charge in [0.25, 0.3) is 0 Å². The van der Waals surface area contributed by atoms with Gasteiger partial charge in [-0.3, -0.25) is 4.90 Å². The summed E-state index contributed by atoms with van der Waals surface area (Å²) in [7, 11) is 0. The zero-order chi connectivity index (χ0) is 14.0. The molecule has 0 unspecified atom stereocenters. The maximum atomic E-state index is 13.1. The first-order valence-electron chi connectivity index (χ1n) is 5.86. The van der Waals surface area contributed by atoms with Crippen LogP contribution in [0.1, 0.15) is 11.6 Å². The Kier molecular flexibility index (Phi) is 7.88. The maximum absolute atomic E-state index is 13.1. The predicted octanol–water partition coefficient (Wildman–Crippen LogP) is 3.32. The highest BCUT2D eigenvalue weighted by Crippen LogP contribution is 2.38. The lowest BCUT2D eigenvalue weighted by atomic mass is 10.0. The van der Waals surface area contributed by atoms with E-state index in [9.17, 15) is 22.0 Å². The zero-order valence-electron chi connectivity index (χ0n) is 10.8. The number of nitrogens with one attached hydrogen (secondary N) is 1. The molecule has 0 spiro atoms. The van der Waals surface area contributed by atoms with Gasteiger partial charge in [-0.25, -0.2) is 8.78 Å². The summed E-state index contributed by atoms with van der Waals surface area (Å²) in [5, 5.41) is 2.95. The van der Waals surface area contributed by atoms with Crippen molar-refractivity contribution in [2.24, 2.45) is 0 Å². The first kappa shape index (κ1) is 20.4. The third-order valence-corrected chi connectivity index (χ3v) is 3.09. The predicted molar refractivity (Wildman–Crippen MR) is 74.1 cm³/mol. The van der Waals surface area contributed by atoms with E-state index in [4.69, 9.17) is 0 Å². The highest BCUT2D eigenvalue weighted by Gasteiger charge is 2.45. The van der Waals surface area contributed by atoms with E-state index in [2.05, 4.69) is 5.32 Å². The third kappa shape index (κ3) is 4.95. The number of nitrogens with zero attached hydrogens (tertiary/aromatic N) is 1. The van der Waals surface area contributed by atoms with Gasteiger partial charge in [-0.1, -0.05) is 6.07 Å². The topological polar surface area (TPSA) is 15.3 Å². The van der Waals surface area contributed by atoms with Gasteiger partial charge in [0.05, 0.1) is 0 Å². The standard InChI is InChI=1S/C12H13F5N2.2ClH/c13-9-2-1-8(7-10(9)14)11(12(15,16)17)19-5-3-18-4-6-19;;/h1-2,7,11,18H,3-6H2;2*1H/t11-;;/m0../s1. The Morgan fingerprint density at radius 3 is 2.05 bits per heavy atom. The summed E-state index contributed by atoms with van der Waals surface area (Å²) in [5.74, 6) is -2.41. The van der Waals surface area contributed by atoms with Gasteiger partial charge in [0.2, 0.25) is 0 Å². The fourth-order valence-electron chi connectivity index (χ4n) is 2.23. The van der Waals surface area contributed by atoms with E-state index in [0.29, 0.717) is 19.2 Å². The molecule has 1 aliphatic rings. The van der Waals surface area contributed by atoms with Crippen LogP contribution in [0.15, 0.2) is 18.2 Å². The van der Waals surface area contributed by atoms with Crippen molar-refractivity contribution in [1.29, 1.82) is 0 Å². The Balaban J connectivity index is 0.00000200. The van der Waals surface area contributed by atoms with Crippen molar-refractivity contribution >= 4 is 24.8 Å². The molecule has 9 heteroatoms. The van der Waals surface area contributed by atoms with Crippen LogP contribution >= 0.6 is 24.8 Å². The molecule has 1 aromatic carbocycles. The van der Waals surface area contributed by atoms with Crippen molar-refractivity contribution in [1.82, 2.24) is 10.2 Å². The van der Waals surface area contributed by atoms with Crippen LogP contribution in [0.4, 0.5) is 22.0 Å². The number of hydrogen-bond acceptors (Lipinski definition) is 2. The second-order valence-electron chi connectivity index (χ2n) is 4.40. The monoisotopic (exact) mass is 352 g/mol. The number of piperazine rings is 1. The lowest BCUT2D eigenvalue weighted by molar-refractivity contribution is -0.187. The van der Waals surface area contributed by atoms with Crippen molar-refractivity contribution in [2.75, 3.05) is 26.2 Å². The van der Waals surface area contributed by atoms with Gasteiger partial charge in [-0.05, 0) is 17.7 Å². The number of hydrogen-bond donors (Lipinski definition) is 1.